The predicted molar refractivity (Wildman–Crippen MR) is 72.3 cm³/mol. The number of hydrogen-bond acceptors (Lipinski definition) is 3. The second-order valence-corrected chi connectivity index (χ2v) is 5.41. The molecule has 1 rings (SSSR count). The summed E-state index contributed by atoms with van der Waals surface area (Å²) in [7, 11) is -0.998. The van der Waals surface area contributed by atoms with Gasteiger partial charge in [-0.3, -0.25) is 4.21 Å². The molecule has 0 fully saturated rings. The minimum absolute atomic E-state index is 0.232. The highest BCUT2D eigenvalue weighted by Crippen LogP contribution is 2.12. The molecule has 2 atom stereocenters. The first-order valence-electron chi connectivity index (χ1n) is 5.63. The quantitative estimate of drug-likeness (QED) is 0.708. The van der Waals surface area contributed by atoms with Gasteiger partial charge >= 0.3 is 12.0 Å². The average molecular weight is 284 g/mol. The molecule has 3 N–H and O–H groups in total. The number of aliphatic carboxylic acids is 1. The molecule has 0 aliphatic heterocycles. The van der Waals surface area contributed by atoms with Gasteiger partial charge in [-0.1, -0.05) is 30.3 Å². The molecule has 7 heteroatoms. The molecule has 0 aliphatic rings. The summed E-state index contributed by atoms with van der Waals surface area (Å²) in [6.45, 7) is 0.232. The van der Waals surface area contributed by atoms with Crippen LogP contribution in [0.5, 0.6) is 0 Å². The van der Waals surface area contributed by atoms with E-state index in [0.717, 1.165) is 0 Å². The monoisotopic (exact) mass is 284 g/mol. The molecule has 0 spiro atoms. The largest absolute Gasteiger partial charge is 0.479 e. The van der Waals surface area contributed by atoms with Crippen molar-refractivity contribution in [3.63, 3.8) is 0 Å². The number of nitrogens with one attached hydrogen (secondary N) is 2. The molecule has 0 radical (unpaired) electrons. The minimum Gasteiger partial charge on any atom is -0.479 e. The van der Waals surface area contributed by atoms with Gasteiger partial charge in [0.2, 0.25) is 0 Å². The zero-order valence-corrected chi connectivity index (χ0v) is 11.3. The first-order chi connectivity index (χ1) is 9.00. The predicted octanol–water partition coefficient (Wildman–Crippen LogP) is 0.490. The van der Waals surface area contributed by atoms with Gasteiger partial charge in [0.05, 0.1) is 0 Å². The Kier molecular flexibility index (Phi) is 6.01. The summed E-state index contributed by atoms with van der Waals surface area (Å²) in [5.41, 5.74) is 0.490. The number of carboxylic acids is 1. The fraction of sp³-hybridized carbons (Fsp3) is 0.333. The van der Waals surface area contributed by atoms with Crippen molar-refractivity contribution < 1.29 is 18.9 Å². The van der Waals surface area contributed by atoms with Crippen molar-refractivity contribution >= 4 is 22.8 Å². The van der Waals surface area contributed by atoms with Crippen LogP contribution in [-0.4, -0.2) is 39.9 Å². The summed E-state index contributed by atoms with van der Waals surface area (Å²) >= 11 is 0. The summed E-state index contributed by atoms with van der Waals surface area (Å²) in [5, 5.41) is 13.9. The van der Waals surface area contributed by atoms with Crippen molar-refractivity contribution in [2.75, 3.05) is 18.6 Å². The molecular weight excluding hydrogens is 268 g/mol. The van der Waals surface area contributed by atoms with Crippen LogP contribution in [0.1, 0.15) is 11.6 Å². The topological polar surface area (TPSA) is 95.5 Å². The average Bonchev–Trinajstić information content (AvgIpc) is 2.36. The molecule has 19 heavy (non-hydrogen) atoms. The molecule has 0 saturated carbocycles. The van der Waals surface area contributed by atoms with E-state index in [0.29, 0.717) is 11.3 Å². The maximum atomic E-state index is 11.5. The van der Waals surface area contributed by atoms with Crippen LogP contribution in [0.25, 0.3) is 0 Å². The highest BCUT2D eigenvalue weighted by atomic mass is 32.2. The van der Waals surface area contributed by atoms with E-state index in [9.17, 15) is 13.8 Å². The van der Waals surface area contributed by atoms with E-state index in [1.807, 2.05) is 0 Å². The molecule has 0 bridgehead atoms. The van der Waals surface area contributed by atoms with E-state index >= 15 is 0 Å². The van der Waals surface area contributed by atoms with Crippen molar-refractivity contribution in [3.05, 3.63) is 35.9 Å². The van der Waals surface area contributed by atoms with Gasteiger partial charge in [0.25, 0.3) is 0 Å². The van der Waals surface area contributed by atoms with Gasteiger partial charge in [0.15, 0.2) is 6.04 Å². The maximum absolute atomic E-state index is 11.5. The molecule has 0 saturated heterocycles. The van der Waals surface area contributed by atoms with Gasteiger partial charge < -0.3 is 15.7 Å². The lowest BCUT2D eigenvalue weighted by molar-refractivity contribution is -0.139. The van der Waals surface area contributed by atoms with Crippen molar-refractivity contribution in [2.45, 2.75) is 6.04 Å². The standard InChI is InChI=1S/C12H16N2O4S/c1-19(18)8-7-13-12(17)14-10(11(15)16)9-5-3-2-4-6-9/h2-6,10H,7-8H2,1H3,(H,15,16)(H2,13,14,17)/t10-,19?/m0/s1. The number of carbonyl (C=O) groups is 2. The van der Waals surface area contributed by atoms with Crippen molar-refractivity contribution in [2.24, 2.45) is 0 Å². The van der Waals surface area contributed by atoms with Crippen LogP contribution in [0, 0.1) is 0 Å². The second kappa shape index (κ2) is 7.52. The molecular formula is C12H16N2O4S. The maximum Gasteiger partial charge on any atom is 0.330 e. The molecule has 104 valence electrons. The van der Waals surface area contributed by atoms with Gasteiger partial charge in [-0.2, -0.15) is 0 Å². The van der Waals surface area contributed by atoms with Crippen molar-refractivity contribution in [3.8, 4) is 0 Å². The Balaban J connectivity index is 2.57. The molecule has 1 aromatic rings. The van der Waals surface area contributed by atoms with Gasteiger partial charge in [-0.05, 0) is 5.56 Å². The summed E-state index contributed by atoms with van der Waals surface area (Å²) < 4.78 is 10.8. The first kappa shape index (κ1) is 15.2. The number of amides is 2. The highest BCUT2D eigenvalue weighted by molar-refractivity contribution is 7.84. The van der Waals surface area contributed by atoms with Crippen LogP contribution < -0.4 is 10.6 Å². The number of benzene rings is 1. The van der Waals surface area contributed by atoms with Gasteiger partial charge in [0, 0.05) is 29.4 Å². The Morgan fingerprint density at radius 2 is 1.95 bits per heavy atom. The summed E-state index contributed by atoms with van der Waals surface area (Å²) in [5.74, 6) is -0.809. The van der Waals surface area contributed by atoms with E-state index in [4.69, 9.17) is 5.11 Å². The Morgan fingerprint density at radius 3 is 2.47 bits per heavy atom. The van der Waals surface area contributed by atoms with E-state index in [-0.39, 0.29) is 6.54 Å². The molecule has 6 nitrogen and oxygen atoms in total. The minimum atomic E-state index is -1.14. The smallest absolute Gasteiger partial charge is 0.330 e. The lowest BCUT2D eigenvalue weighted by atomic mass is 10.1. The molecule has 0 heterocycles. The third kappa shape index (κ3) is 5.52. The lowest BCUT2D eigenvalue weighted by Gasteiger charge is -2.15. The first-order valence-corrected chi connectivity index (χ1v) is 7.35. The van der Waals surface area contributed by atoms with Crippen molar-refractivity contribution in [1.29, 1.82) is 0 Å². The van der Waals surface area contributed by atoms with E-state index < -0.39 is 28.8 Å². The Morgan fingerprint density at radius 1 is 1.32 bits per heavy atom. The third-order valence-electron chi connectivity index (χ3n) is 2.33. The van der Waals surface area contributed by atoms with Crippen LogP contribution in [0.15, 0.2) is 30.3 Å². The number of carboxylic acid groups (broad SMARTS) is 1. The zero-order chi connectivity index (χ0) is 14.3. The van der Waals surface area contributed by atoms with Crippen LogP contribution in [0.3, 0.4) is 0 Å². The van der Waals surface area contributed by atoms with Crippen LogP contribution in [0.2, 0.25) is 0 Å². The van der Waals surface area contributed by atoms with Crippen LogP contribution >= 0.6 is 0 Å². The van der Waals surface area contributed by atoms with E-state index in [2.05, 4.69) is 10.6 Å². The normalized spacial score (nSPS) is 13.3. The molecule has 1 unspecified atom stereocenters. The number of carbonyl (C=O) groups excluding carboxylic acids is 1. The SMILES string of the molecule is CS(=O)CCNC(=O)N[C@H](C(=O)O)c1ccccc1. The van der Waals surface area contributed by atoms with E-state index in [1.54, 1.807) is 30.3 Å². The zero-order valence-electron chi connectivity index (χ0n) is 10.5. The summed E-state index contributed by atoms with van der Waals surface area (Å²) in [6.07, 6.45) is 1.53. The van der Waals surface area contributed by atoms with E-state index in [1.165, 1.54) is 6.26 Å². The van der Waals surface area contributed by atoms with Gasteiger partial charge in [-0.15, -0.1) is 0 Å². The Labute approximate surface area is 113 Å². The second-order valence-electron chi connectivity index (χ2n) is 3.86. The number of hydrogen-bond donors (Lipinski definition) is 3. The number of rotatable bonds is 6. The highest BCUT2D eigenvalue weighted by Gasteiger charge is 2.21. The van der Waals surface area contributed by atoms with Crippen LogP contribution in [0.4, 0.5) is 4.79 Å². The number of urea groups is 1. The van der Waals surface area contributed by atoms with Gasteiger partial charge in [0.1, 0.15) is 0 Å². The fourth-order valence-electron chi connectivity index (χ4n) is 1.42. The summed E-state index contributed by atoms with van der Waals surface area (Å²) in [4.78, 5) is 22.7. The van der Waals surface area contributed by atoms with Crippen LogP contribution in [-0.2, 0) is 15.6 Å². The fourth-order valence-corrected chi connectivity index (χ4v) is 1.81. The third-order valence-corrected chi connectivity index (χ3v) is 3.11. The lowest BCUT2D eigenvalue weighted by Crippen LogP contribution is -2.42. The van der Waals surface area contributed by atoms with Crippen molar-refractivity contribution in [1.82, 2.24) is 10.6 Å². The molecule has 0 aromatic heterocycles. The summed E-state index contributed by atoms with van der Waals surface area (Å²) in [6, 6.07) is 6.71. The van der Waals surface area contributed by atoms with Gasteiger partial charge in [-0.25, -0.2) is 9.59 Å². The molecule has 0 aliphatic carbocycles. The molecule has 1 aromatic carbocycles. The Hall–Kier alpha value is -1.89. The molecule has 2 amide bonds. The Bertz CT molecular complexity index is 464.